The molecule has 0 N–H and O–H groups in total. The molecule has 0 aliphatic carbocycles. The molecule has 0 bridgehead atoms. The van der Waals surface area contributed by atoms with E-state index >= 15 is 0 Å². The van der Waals surface area contributed by atoms with E-state index in [1.54, 1.807) is 25.9 Å². The summed E-state index contributed by atoms with van der Waals surface area (Å²) in [5.41, 5.74) is 0.375. The van der Waals surface area contributed by atoms with Gasteiger partial charge in [0.2, 0.25) is 0 Å². The van der Waals surface area contributed by atoms with E-state index in [1.807, 2.05) is 0 Å². The SMILES string of the molecule is C=C(C)C(=O)OCCOC(=S)N(C)C. The quantitative estimate of drug-likeness (QED) is 0.304. The standard InChI is InChI=1S/C9H15NO3S/c1-7(2)8(11)12-5-6-13-9(14)10(3)4/h1,5-6H2,2-4H3. The number of carbonyl (C=O) groups is 1. The molecule has 14 heavy (non-hydrogen) atoms. The number of thiocarbonyl (C=S) groups is 1. The number of hydrogen-bond acceptors (Lipinski definition) is 4. The number of carbonyl (C=O) groups excluding carboxylic acids is 1. The normalized spacial score (nSPS) is 9.07. The Morgan fingerprint density at radius 3 is 2.29 bits per heavy atom. The second kappa shape index (κ2) is 6.37. The highest BCUT2D eigenvalue weighted by Crippen LogP contribution is 1.92. The monoisotopic (exact) mass is 217 g/mol. The lowest BCUT2D eigenvalue weighted by Gasteiger charge is -2.14. The predicted octanol–water partition coefficient (Wildman–Crippen LogP) is 0.969. The van der Waals surface area contributed by atoms with Crippen molar-refractivity contribution in [1.82, 2.24) is 4.90 Å². The first-order chi connectivity index (χ1) is 6.45. The molecule has 0 heterocycles. The lowest BCUT2D eigenvalue weighted by molar-refractivity contribution is -0.139. The van der Waals surface area contributed by atoms with E-state index in [0.717, 1.165) is 0 Å². The summed E-state index contributed by atoms with van der Waals surface area (Å²) in [6.07, 6.45) is 0. The Hall–Kier alpha value is -1.10. The predicted molar refractivity (Wildman–Crippen MR) is 58.0 cm³/mol. The molecular formula is C9H15NO3S. The first kappa shape index (κ1) is 12.9. The van der Waals surface area contributed by atoms with Crippen LogP contribution in [0.1, 0.15) is 6.92 Å². The molecule has 0 saturated heterocycles. The Labute approximate surface area is 89.5 Å². The van der Waals surface area contributed by atoms with Gasteiger partial charge in [0, 0.05) is 19.7 Å². The summed E-state index contributed by atoms with van der Waals surface area (Å²) in [5, 5.41) is 0.372. The van der Waals surface area contributed by atoms with Crippen LogP contribution in [0.25, 0.3) is 0 Å². The van der Waals surface area contributed by atoms with Crippen molar-refractivity contribution in [3.05, 3.63) is 12.2 Å². The Balaban J connectivity index is 3.52. The molecule has 0 aromatic heterocycles. The van der Waals surface area contributed by atoms with Crippen LogP contribution in [-0.4, -0.2) is 43.4 Å². The number of rotatable bonds is 4. The van der Waals surface area contributed by atoms with Crippen LogP contribution < -0.4 is 0 Å². The average molecular weight is 217 g/mol. The van der Waals surface area contributed by atoms with Gasteiger partial charge in [-0.15, -0.1) is 0 Å². The Bertz CT molecular complexity index is 238. The molecule has 80 valence electrons. The summed E-state index contributed by atoms with van der Waals surface area (Å²) in [6, 6.07) is 0. The van der Waals surface area contributed by atoms with Gasteiger partial charge in [-0.25, -0.2) is 4.79 Å². The number of nitrogens with zero attached hydrogens (tertiary/aromatic N) is 1. The van der Waals surface area contributed by atoms with Crippen molar-refractivity contribution in [2.75, 3.05) is 27.3 Å². The van der Waals surface area contributed by atoms with Crippen molar-refractivity contribution < 1.29 is 14.3 Å². The van der Waals surface area contributed by atoms with Gasteiger partial charge in [0.05, 0.1) is 0 Å². The Morgan fingerprint density at radius 1 is 1.36 bits per heavy atom. The summed E-state index contributed by atoms with van der Waals surface area (Å²) >= 11 is 4.85. The third-order valence-corrected chi connectivity index (χ3v) is 1.74. The van der Waals surface area contributed by atoms with E-state index in [-0.39, 0.29) is 13.2 Å². The van der Waals surface area contributed by atoms with Gasteiger partial charge in [-0.3, -0.25) is 0 Å². The van der Waals surface area contributed by atoms with Crippen LogP contribution in [0.3, 0.4) is 0 Å². The van der Waals surface area contributed by atoms with Crippen LogP contribution in [0.15, 0.2) is 12.2 Å². The molecule has 0 fully saturated rings. The van der Waals surface area contributed by atoms with Crippen molar-refractivity contribution in [2.24, 2.45) is 0 Å². The summed E-state index contributed by atoms with van der Waals surface area (Å²) in [7, 11) is 3.56. The smallest absolute Gasteiger partial charge is 0.333 e. The first-order valence-corrected chi connectivity index (χ1v) is 4.52. The van der Waals surface area contributed by atoms with Gasteiger partial charge in [0.1, 0.15) is 13.2 Å². The second-order valence-corrected chi connectivity index (χ2v) is 3.27. The van der Waals surface area contributed by atoms with Gasteiger partial charge in [-0.05, 0) is 19.1 Å². The second-order valence-electron chi connectivity index (χ2n) is 2.93. The summed E-state index contributed by atoms with van der Waals surface area (Å²) in [4.78, 5) is 12.6. The minimum Gasteiger partial charge on any atom is -0.467 e. The van der Waals surface area contributed by atoms with Crippen molar-refractivity contribution in [3.8, 4) is 0 Å². The van der Waals surface area contributed by atoms with E-state index < -0.39 is 5.97 Å². The number of esters is 1. The third-order valence-electron chi connectivity index (χ3n) is 1.26. The fraction of sp³-hybridized carbons (Fsp3) is 0.556. The molecule has 0 aliphatic rings. The van der Waals surface area contributed by atoms with Crippen LogP contribution in [0.5, 0.6) is 0 Å². The fourth-order valence-corrected chi connectivity index (χ4v) is 0.599. The molecule has 5 heteroatoms. The lowest BCUT2D eigenvalue weighted by atomic mass is 10.4. The molecule has 0 saturated carbocycles. The van der Waals surface area contributed by atoms with Crippen molar-refractivity contribution in [2.45, 2.75) is 6.92 Å². The maximum Gasteiger partial charge on any atom is 0.333 e. The maximum atomic E-state index is 10.9. The van der Waals surface area contributed by atoms with E-state index in [0.29, 0.717) is 10.7 Å². The van der Waals surface area contributed by atoms with Crippen LogP contribution >= 0.6 is 12.2 Å². The highest BCUT2D eigenvalue weighted by molar-refractivity contribution is 7.80. The molecule has 0 unspecified atom stereocenters. The van der Waals surface area contributed by atoms with Crippen LogP contribution in [0.4, 0.5) is 0 Å². The van der Waals surface area contributed by atoms with Crippen LogP contribution in [0, 0.1) is 0 Å². The summed E-state index contributed by atoms with van der Waals surface area (Å²) < 4.78 is 9.88. The fourth-order valence-electron chi connectivity index (χ4n) is 0.516. The minimum atomic E-state index is -0.413. The summed E-state index contributed by atoms with van der Waals surface area (Å²) in [5.74, 6) is -0.413. The molecule has 0 aliphatic heterocycles. The zero-order valence-corrected chi connectivity index (χ0v) is 9.52. The Morgan fingerprint density at radius 2 is 1.86 bits per heavy atom. The highest BCUT2D eigenvalue weighted by Gasteiger charge is 2.03. The van der Waals surface area contributed by atoms with Gasteiger partial charge in [-0.2, -0.15) is 0 Å². The molecule has 4 nitrogen and oxygen atoms in total. The van der Waals surface area contributed by atoms with Gasteiger partial charge in [-0.1, -0.05) is 6.58 Å². The molecule has 0 atom stereocenters. The van der Waals surface area contributed by atoms with Crippen LogP contribution in [-0.2, 0) is 14.3 Å². The zero-order chi connectivity index (χ0) is 11.1. The van der Waals surface area contributed by atoms with Gasteiger partial charge in [0.15, 0.2) is 0 Å². The number of ether oxygens (including phenoxy) is 2. The molecule has 0 aromatic carbocycles. The maximum absolute atomic E-state index is 10.9. The van der Waals surface area contributed by atoms with Crippen LogP contribution in [0.2, 0.25) is 0 Å². The van der Waals surface area contributed by atoms with E-state index in [2.05, 4.69) is 6.58 Å². The van der Waals surface area contributed by atoms with E-state index in [9.17, 15) is 4.79 Å². The van der Waals surface area contributed by atoms with Gasteiger partial charge >= 0.3 is 5.97 Å². The molecule has 0 rings (SSSR count). The number of hydrogen-bond donors (Lipinski definition) is 0. The van der Waals surface area contributed by atoms with Crippen molar-refractivity contribution in [1.29, 1.82) is 0 Å². The van der Waals surface area contributed by atoms with Crippen molar-refractivity contribution in [3.63, 3.8) is 0 Å². The molecule has 0 radical (unpaired) electrons. The highest BCUT2D eigenvalue weighted by atomic mass is 32.1. The van der Waals surface area contributed by atoms with Gasteiger partial charge < -0.3 is 14.4 Å². The minimum absolute atomic E-state index is 0.180. The third kappa shape index (κ3) is 5.53. The van der Waals surface area contributed by atoms with Gasteiger partial charge in [0.25, 0.3) is 5.17 Å². The molecular weight excluding hydrogens is 202 g/mol. The van der Waals surface area contributed by atoms with E-state index in [1.165, 1.54) is 0 Å². The molecule has 0 amide bonds. The zero-order valence-electron chi connectivity index (χ0n) is 8.70. The van der Waals surface area contributed by atoms with E-state index in [4.69, 9.17) is 21.7 Å². The molecule has 0 aromatic rings. The van der Waals surface area contributed by atoms with Crippen molar-refractivity contribution >= 4 is 23.4 Å². The topological polar surface area (TPSA) is 38.8 Å². The molecule has 0 spiro atoms. The first-order valence-electron chi connectivity index (χ1n) is 4.12. The summed E-state index contributed by atoms with van der Waals surface area (Å²) in [6.45, 7) is 5.48. The lowest BCUT2D eigenvalue weighted by Crippen LogP contribution is -2.24. The largest absolute Gasteiger partial charge is 0.467 e. The Kier molecular flexibility index (Phi) is 5.87. The average Bonchev–Trinajstić information content (AvgIpc) is 2.11.